The third kappa shape index (κ3) is 4.71. The summed E-state index contributed by atoms with van der Waals surface area (Å²) in [4.78, 5) is 35.9. The van der Waals surface area contributed by atoms with E-state index in [-0.39, 0.29) is 13.1 Å². The Morgan fingerprint density at radius 2 is 1.85 bits per heavy atom. The molecule has 0 spiro atoms. The SMILES string of the molecule is Cc1nc(C)c(-c2csc(NC(=O)C3(CC(=O)O)CN(c4ccc(C(F)(F)F)cc4)C3)n2)s1. The van der Waals surface area contributed by atoms with E-state index in [9.17, 15) is 27.9 Å². The number of rotatable bonds is 6. The smallest absolute Gasteiger partial charge is 0.416 e. The van der Waals surface area contributed by atoms with E-state index in [1.807, 2.05) is 13.8 Å². The molecule has 3 aromatic rings. The van der Waals surface area contributed by atoms with E-state index in [2.05, 4.69) is 15.3 Å². The van der Waals surface area contributed by atoms with Crippen molar-refractivity contribution in [3.8, 4) is 10.6 Å². The topological polar surface area (TPSA) is 95.4 Å². The number of nitrogens with zero attached hydrogens (tertiary/aromatic N) is 3. The molecular weight excluding hydrogens is 477 g/mol. The van der Waals surface area contributed by atoms with Gasteiger partial charge >= 0.3 is 12.1 Å². The van der Waals surface area contributed by atoms with Gasteiger partial charge in [-0.1, -0.05) is 0 Å². The van der Waals surface area contributed by atoms with E-state index in [0.717, 1.165) is 27.7 Å². The molecule has 12 heteroatoms. The second kappa shape index (κ2) is 8.41. The highest BCUT2D eigenvalue weighted by molar-refractivity contribution is 7.16. The fourth-order valence-electron chi connectivity index (χ4n) is 3.79. The standard InChI is InChI=1S/C21H19F3N4O3S2/c1-11-17(33-12(2)25-11)15-8-32-19(26-15)27-18(31)20(7-16(29)30)9-28(10-20)14-5-3-13(4-6-14)21(22,23)24/h3-6,8H,7,9-10H2,1-2H3,(H,29,30)(H,26,27,31). The number of nitrogens with one attached hydrogen (secondary N) is 1. The van der Waals surface area contributed by atoms with Gasteiger partial charge in [-0.15, -0.1) is 22.7 Å². The van der Waals surface area contributed by atoms with Crippen molar-refractivity contribution in [1.29, 1.82) is 0 Å². The van der Waals surface area contributed by atoms with Crippen LogP contribution in [0.3, 0.4) is 0 Å². The van der Waals surface area contributed by atoms with E-state index in [1.54, 1.807) is 10.3 Å². The number of carboxylic acid groups (broad SMARTS) is 1. The normalized spacial score (nSPS) is 15.2. The maximum Gasteiger partial charge on any atom is 0.416 e. The lowest BCUT2D eigenvalue weighted by molar-refractivity contribution is -0.144. The average Bonchev–Trinajstić information content (AvgIpc) is 3.29. The average molecular weight is 497 g/mol. The van der Waals surface area contributed by atoms with Crippen LogP contribution in [0.5, 0.6) is 0 Å². The van der Waals surface area contributed by atoms with Crippen LogP contribution < -0.4 is 10.2 Å². The molecule has 1 saturated heterocycles. The molecule has 0 aliphatic carbocycles. The molecule has 0 unspecified atom stereocenters. The lowest BCUT2D eigenvalue weighted by atomic mass is 9.75. The maximum absolute atomic E-state index is 13.0. The van der Waals surface area contributed by atoms with Crippen LogP contribution in [0.15, 0.2) is 29.6 Å². The Balaban J connectivity index is 1.48. The van der Waals surface area contributed by atoms with Gasteiger partial charge in [-0.3, -0.25) is 9.59 Å². The highest BCUT2D eigenvalue weighted by Crippen LogP contribution is 2.40. The lowest BCUT2D eigenvalue weighted by Crippen LogP contribution is -2.63. The molecule has 1 fully saturated rings. The first-order chi connectivity index (χ1) is 15.5. The third-order valence-electron chi connectivity index (χ3n) is 5.38. The van der Waals surface area contributed by atoms with E-state index in [4.69, 9.17) is 0 Å². The predicted molar refractivity (Wildman–Crippen MR) is 120 cm³/mol. The van der Waals surface area contributed by atoms with Crippen molar-refractivity contribution in [1.82, 2.24) is 9.97 Å². The van der Waals surface area contributed by atoms with Gasteiger partial charge in [0.25, 0.3) is 0 Å². The molecule has 174 valence electrons. The molecule has 4 rings (SSSR count). The Bertz CT molecular complexity index is 1200. The molecule has 1 aliphatic heterocycles. The van der Waals surface area contributed by atoms with Crippen molar-refractivity contribution < 1.29 is 27.9 Å². The Morgan fingerprint density at radius 1 is 1.18 bits per heavy atom. The number of anilines is 2. The number of hydrogen-bond acceptors (Lipinski definition) is 7. The summed E-state index contributed by atoms with van der Waals surface area (Å²) in [6, 6.07) is 4.56. The minimum atomic E-state index is -4.44. The molecule has 2 aromatic heterocycles. The largest absolute Gasteiger partial charge is 0.481 e. The van der Waals surface area contributed by atoms with Gasteiger partial charge in [-0.2, -0.15) is 13.2 Å². The number of halogens is 3. The summed E-state index contributed by atoms with van der Waals surface area (Å²) in [6.45, 7) is 3.91. The van der Waals surface area contributed by atoms with E-state index in [0.29, 0.717) is 16.5 Å². The molecule has 2 N–H and O–H groups in total. The zero-order valence-corrected chi connectivity index (χ0v) is 19.2. The Morgan fingerprint density at radius 3 is 2.39 bits per heavy atom. The Kier molecular flexibility index (Phi) is 5.91. The number of aliphatic carboxylic acids is 1. The number of carbonyl (C=O) groups is 2. The summed E-state index contributed by atoms with van der Waals surface area (Å²) < 4.78 is 38.4. The monoisotopic (exact) mass is 496 g/mol. The fourth-order valence-corrected chi connectivity index (χ4v) is 5.44. The van der Waals surface area contributed by atoms with Crippen LogP contribution >= 0.6 is 22.7 Å². The molecule has 1 amide bonds. The Hall–Kier alpha value is -2.99. The first-order valence-corrected chi connectivity index (χ1v) is 11.5. The molecule has 7 nitrogen and oxygen atoms in total. The fraction of sp³-hybridized carbons (Fsp3) is 0.333. The molecule has 0 bridgehead atoms. The first kappa shape index (κ1) is 23.2. The molecule has 1 aromatic carbocycles. The van der Waals surface area contributed by atoms with Gasteiger partial charge in [0.15, 0.2) is 5.13 Å². The molecule has 33 heavy (non-hydrogen) atoms. The second-order valence-corrected chi connectivity index (χ2v) is 9.95. The highest BCUT2D eigenvalue weighted by atomic mass is 32.1. The highest BCUT2D eigenvalue weighted by Gasteiger charge is 2.51. The number of aryl methyl sites for hydroxylation is 2. The molecule has 0 atom stereocenters. The molecule has 0 saturated carbocycles. The molecular formula is C21H19F3N4O3S2. The van der Waals surface area contributed by atoms with Gasteiger partial charge in [-0.25, -0.2) is 9.97 Å². The quantitative estimate of drug-likeness (QED) is 0.508. The Labute approximate surface area is 194 Å². The molecule has 3 heterocycles. The number of carbonyl (C=O) groups excluding carboxylic acids is 1. The van der Waals surface area contributed by atoms with Crippen molar-refractivity contribution in [3.05, 3.63) is 45.9 Å². The number of amides is 1. The first-order valence-electron chi connectivity index (χ1n) is 9.82. The van der Waals surface area contributed by atoms with Crippen molar-refractivity contribution >= 4 is 45.4 Å². The van der Waals surface area contributed by atoms with Crippen LogP contribution in [0, 0.1) is 19.3 Å². The van der Waals surface area contributed by atoms with Crippen molar-refractivity contribution in [2.45, 2.75) is 26.4 Å². The number of carboxylic acids is 1. The number of alkyl halides is 3. The van der Waals surface area contributed by atoms with E-state index in [1.165, 1.54) is 34.8 Å². The van der Waals surface area contributed by atoms with Gasteiger partial charge in [0, 0.05) is 24.2 Å². The van der Waals surface area contributed by atoms with Crippen LogP contribution in [0.25, 0.3) is 10.6 Å². The van der Waals surface area contributed by atoms with E-state index < -0.39 is 35.5 Å². The van der Waals surface area contributed by atoms with Crippen molar-refractivity contribution in [3.63, 3.8) is 0 Å². The van der Waals surface area contributed by atoms with Gasteiger partial charge < -0.3 is 15.3 Å². The summed E-state index contributed by atoms with van der Waals surface area (Å²) in [6.07, 6.45) is -4.84. The summed E-state index contributed by atoms with van der Waals surface area (Å²) in [5, 5.41) is 15.1. The predicted octanol–water partition coefficient (Wildman–Crippen LogP) is 4.82. The van der Waals surface area contributed by atoms with E-state index >= 15 is 0 Å². The molecule has 0 radical (unpaired) electrons. The zero-order valence-electron chi connectivity index (χ0n) is 17.6. The number of aromatic nitrogens is 2. The number of thiazole rings is 2. The maximum atomic E-state index is 13.0. The van der Waals surface area contributed by atoms with Crippen molar-refractivity contribution in [2.75, 3.05) is 23.3 Å². The van der Waals surface area contributed by atoms with Crippen LogP contribution in [-0.4, -0.2) is 40.0 Å². The second-order valence-electron chi connectivity index (χ2n) is 7.89. The molecule has 1 aliphatic rings. The number of hydrogen-bond donors (Lipinski definition) is 2. The minimum Gasteiger partial charge on any atom is -0.481 e. The zero-order chi connectivity index (χ0) is 24.0. The lowest BCUT2D eigenvalue weighted by Gasteiger charge is -2.49. The third-order valence-corrected chi connectivity index (χ3v) is 7.23. The van der Waals surface area contributed by atoms with Crippen LogP contribution in [0.2, 0.25) is 0 Å². The van der Waals surface area contributed by atoms with Gasteiger partial charge in [-0.05, 0) is 38.1 Å². The summed E-state index contributed by atoms with van der Waals surface area (Å²) in [5.41, 5.74) is 0.0358. The van der Waals surface area contributed by atoms with Crippen LogP contribution in [0.1, 0.15) is 22.7 Å². The number of benzene rings is 1. The summed E-state index contributed by atoms with van der Waals surface area (Å²) in [7, 11) is 0. The van der Waals surface area contributed by atoms with Gasteiger partial charge in [0.2, 0.25) is 5.91 Å². The summed E-state index contributed by atoms with van der Waals surface area (Å²) >= 11 is 2.72. The van der Waals surface area contributed by atoms with Crippen LogP contribution in [0.4, 0.5) is 24.0 Å². The van der Waals surface area contributed by atoms with Crippen LogP contribution in [-0.2, 0) is 15.8 Å². The van der Waals surface area contributed by atoms with Gasteiger partial charge in [0.1, 0.15) is 0 Å². The van der Waals surface area contributed by atoms with Crippen molar-refractivity contribution in [2.24, 2.45) is 5.41 Å². The minimum absolute atomic E-state index is 0.0713. The van der Waals surface area contributed by atoms with Gasteiger partial charge in [0.05, 0.1) is 38.7 Å². The summed E-state index contributed by atoms with van der Waals surface area (Å²) in [5.74, 6) is -1.61.